The first-order chi connectivity index (χ1) is 9.81. The van der Waals surface area contributed by atoms with Crippen molar-refractivity contribution in [2.45, 2.75) is 64.1 Å². The number of hydrogen-bond acceptors (Lipinski definition) is 4. The van der Waals surface area contributed by atoms with Gasteiger partial charge < -0.3 is 14.6 Å². The maximum atomic E-state index is 11.4. The molecule has 1 aliphatic carbocycles. The molecule has 1 heterocycles. The number of carbonyl (C=O) groups is 1. The van der Waals surface area contributed by atoms with E-state index in [4.69, 9.17) is 9.47 Å². The fraction of sp³-hybridized carbons (Fsp3) is 0.688. The predicted molar refractivity (Wildman–Crippen MR) is 83.7 cm³/mol. The van der Waals surface area contributed by atoms with E-state index in [9.17, 15) is 9.90 Å². The van der Waals surface area contributed by atoms with E-state index in [0.29, 0.717) is 10.6 Å². The van der Waals surface area contributed by atoms with Crippen molar-refractivity contribution < 1.29 is 19.4 Å². The molecule has 21 heavy (non-hydrogen) atoms. The average Bonchev–Trinajstić information content (AvgIpc) is 2.83. The summed E-state index contributed by atoms with van der Waals surface area (Å²) in [4.78, 5) is 12.8. The molecule has 1 aromatic heterocycles. The molecule has 5 heteroatoms. The molecule has 0 saturated heterocycles. The van der Waals surface area contributed by atoms with E-state index < -0.39 is 5.97 Å². The molecule has 2 rings (SSSR count). The van der Waals surface area contributed by atoms with Gasteiger partial charge in [0.2, 0.25) is 0 Å². The highest BCUT2D eigenvalue weighted by Crippen LogP contribution is 2.38. The maximum absolute atomic E-state index is 11.4. The standard InChI is InChI=1S/C16H24O4S/c1-16(2,3)13-9-12(14(21-13)15(17)18)20-11-7-5-6-10(8-11)19-4/h9-11H,5-8H2,1-4H3,(H,17,18). The molecule has 0 amide bonds. The van der Waals surface area contributed by atoms with E-state index in [1.165, 1.54) is 11.3 Å². The summed E-state index contributed by atoms with van der Waals surface area (Å²) in [6, 6.07) is 1.89. The van der Waals surface area contributed by atoms with Crippen LogP contribution >= 0.6 is 11.3 Å². The van der Waals surface area contributed by atoms with Crippen molar-refractivity contribution >= 4 is 17.3 Å². The van der Waals surface area contributed by atoms with E-state index in [1.54, 1.807) is 7.11 Å². The SMILES string of the molecule is COC1CCCC(Oc2cc(C(C)(C)C)sc2C(=O)O)C1. The Labute approximate surface area is 130 Å². The second kappa shape index (κ2) is 6.36. The lowest BCUT2D eigenvalue weighted by molar-refractivity contribution is 0.0206. The van der Waals surface area contributed by atoms with E-state index in [-0.39, 0.29) is 17.6 Å². The number of thiophene rings is 1. The van der Waals surface area contributed by atoms with Crippen LogP contribution in [0.3, 0.4) is 0 Å². The van der Waals surface area contributed by atoms with Crippen molar-refractivity contribution in [1.29, 1.82) is 0 Å². The Morgan fingerprint density at radius 1 is 1.33 bits per heavy atom. The molecule has 0 aliphatic heterocycles. The summed E-state index contributed by atoms with van der Waals surface area (Å²) < 4.78 is 11.4. The van der Waals surface area contributed by atoms with Gasteiger partial charge in [-0.05, 0) is 30.7 Å². The van der Waals surface area contributed by atoms with E-state index in [1.807, 2.05) is 6.07 Å². The second-order valence-electron chi connectivity index (χ2n) is 6.62. The van der Waals surface area contributed by atoms with Crippen LogP contribution in [0.25, 0.3) is 0 Å². The van der Waals surface area contributed by atoms with Gasteiger partial charge in [-0.1, -0.05) is 20.8 Å². The first-order valence-corrected chi connectivity index (χ1v) is 8.20. The van der Waals surface area contributed by atoms with Gasteiger partial charge in [0.15, 0.2) is 4.88 Å². The molecular weight excluding hydrogens is 288 g/mol. The molecule has 1 N–H and O–H groups in total. The number of aromatic carboxylic acids is 1. The summed E-state index contributed by atoms with van der Waals surface area (Å²) in [6.45, 7) is 6.24. The number of carboxylic acid groups (broad SMARTS) is 1. The summed E-state index contributed by atoms with van der Waals surface area (Å²) >= 11 is 1.31. The molecule has 2 atom stereocenters. The number of methoxy groups -OCH3 is 1. The third-order valence-electron chi connectivity index (χ3n) is 3.84. The Balaban J connectivity index is 2.18. The zero-order chi connectivity index (χ0) is 15.6. The topological polar surface area (TPSA) is 55.8 Å². The highest BCUT2D eigenvalue weighted by atomic mass is 32.1. The van der Waals surface area contributed by atoms with Crippen molar-refractivity contribution in [1.82, 2.24) is 0 Å². The molecule has 4 nitrogen and oxygen atoms in total. The van der Waals surface area contributed by atoms with Crippen molar-refractivity contribution in [2.75, 3.05) is 7.11 Å². The van der Waals surface area contributed by atoms with Crippen molar-refractivity contribution in [2.24, 2.45) is 0 Å². The molecule has 0 bridgehead atoms. The minimum atomic E-state index is -0.912. The largest absolute Gasteiger partial charge is 0.489 e. The van der Waals surface area contributed by atoms with Crippen LogP contribution in [-0.2, 0) is 10.2 Å². The summed E-state index contributed by atoms with van der Waals surface area (Å²) in [5.41, 5.74) is -0.0713. The Morgan fingerprint density at radius 2 is 2.00 bits per heavy atom. The molecule has 1 aliphatic rings. The first-order valence-electron chi connectivity index (χ1n) is 7.38. The summed E-state index contributed by atoms with van der Waals surface area (Å²) in [5.74, 6) is -0.399. The highest BCUT2D eigenvalue weighted by Gasteiger charge is 2.28. The summed E-state index contributed by atoms with van der Waals surface area (Å²) in [7, 11) is 1.72. The highest BCUT2D eigenvalue weighted by molar-refractivity contribution is 7.14. The van der Waals surface area contributed by atoms with Crippen LogP contribution in [0.4, 0.5) is 0 Å². The molecule has 1 aromatic rings. The number of carboxylic acids is 1. The Kier molecular flexibility index (Phi) is 4.94. The molecule has 0 aromatic carbocycles. The van der Waals surface area contributed by atoms with Crippen LogP contribution in [0.2, 0.25) is 0 Å². The van der Waals surface area contributed by atoms with Crippen molar-refractivity contribution in [3.63, 3.8) is 0 Å². The fourth-order valence-electron chi connectivity index (χ4n) is 2.58. The second-order valence-corrected chi connectivity index (χ2v) is 7.68. The van der Waals surface area contributed by atoms with Gasteiger partial charge in [0.1, 0.15) is 11.9 Å². The number of rotatable bonds is 4. The van der Waals surface area contributed by atoms with Gasteiger partial charge in [-0.2, -0.15) is 0 Å². The average molecular weight is 312 g/mol. The molecule has 0 radical (unpaired) electrons. The summed E-state index contributed by atoms with van der Waals surface area (Å²) in [6.07, 6.45) is 4.17. The Morgan fingerprint density at radius 3 is 2.57 bits per heavy atom. The smallest absolute Gasteiger partial charge is 0.349 e. The third-order valence-corrected chi connectivity index (χ3v) is 5.37. The summed E-state index contributed by atoms with van der Waals surface area (Å²) in [5, 5.41) is 9.38. The molecule has 2 unspecified atom stereocenters. The lowest BCUT2D eigenvalue weighted by Crippen LogP contribution is -2.29. The van der Waals surface area contributed by atoms with Gasteiger partial charge in [-0.15, -0.1) is 11.3 Å². The first kappa shape index (κ1) is 16.3. The monoisotopic (exact) mass is 312 g/mol. The van der Waals surface area contributed by atoms with Gasteiger partial charge in [0.25, 0.3) is 0 Å². The van der Waals surface area contributed by atoms with Crippen LogP contribution in [0, 0.1) is 0 Å². The molecule has 118 valence electrons. The van der Waals surface area contributed by atoms with Crippen LogP contribution < -0.4 is 4.74 Å². The van der Waals surface area contributed by atoms with E-state index in [2.05, 4.69) is 20.8 Å². The van der Waals surface area contributed by atoms with Gasteiger partial charge in [-0.3, -0.25) is 0 Å². The predicted octanol–water partition coefficient (Wildman–Crippen LogP) is 4.08. The van der Waals surface area contributed by atoms with Crippen LogP contribution in [0.5, 0.6) is 5.75 Å². The van der Waals surface area contributed by atoms with Crippen molar-refractivity contribution in [3.05, 3.63) is 15.8 Å². The lowest BCUT2D eigenvalue weighted by atomic mass is 9.94. The van der Waals surface area contributed by atoms with Crippen molar-refractivity contribution in [3.8, 4) is 5.75 Å². The third kappa shape index (κ3) is 3.98. The minimum Gasteiger partial charge on any atom is -0.489 e. The molecular formula is C16H24O4S. The quantitative estimate of drug-likeness (QED) is 0.910. The normalized spacial score (nSPS) is 23.0. The number of hydrogen-bond donors (Lipinski definition) is 1. The fourth-order valence-corrected chi connectivity index (χ4v) is 3.57. The minimum absolute atomic E-state index is 0.0456. The van der Waals surface area contributed by atoms with Gasteiger partial charge in [0, 0.05) is 18.4 Å². The van der Waals surface area contributed by atoms with Crippen LogP contribution in [-0.4, -0.2) is 30.4 Å². The Bertz CT molecular complexity index is 501. The van der Waals surface area contributed by atoms with E-state index in [0.717, 1.165) is 30.6 Å². The zero-order valence-electron chi connectivity index (χ0n) is 13.1. The van der Waals surface area contributed by atoms with Gasteiger partial charge in [-0.25, -0.2) is 4.79 Å². The lowest BCUT2D eigenvalue weighted by Gasteiger charge is -2.28. The molecule has 0 spiro atoms. The molecule has 1 fully saturated rings. The Hall–Kier alpha value is -1.07. The zero-order valence-corrected chi connectivity index (χ0v) is 14.0. The van der Waals surface area contributed by atoms with Crippen LogP contribution in [0.15, 0.2) is 6.07 Å². The molecule has 1 saturated carbocycles. The van der Waals surface area contributed by atoms with Gasteiger partial charge >= 0.3 is 5.97 Å². The maximum Gasteiger partial charge on any atom is 0.349 e. The number of ether oxygens (including phenoxy) is 2. The van der Waals surface area contributed by atoms with E-state index >= 15 is 0 Å². The van der Waals surface area contributed by atoms with Gasteiger partial charge in [0.05, 0.1) is 6.10 Å². The van der Waals surface area contributed by atoms with Crippen LogP contribution in [0.1, 0.15) is 61.0 Å².